The van der Waals surface area contributed by atoms with Crippen LogP contribution in [0.15, 0.2) is 48.8 Å². The molecule has 0 aliphatic heterocycles. The lowest BCUT2D eigenvalue weighted by molar-refractivity contribution is 0.289. The number of benzene rings is 1. The third kappa shape index (κ3) is 3.57. The van der Waals surface area contributed by atoms with Gasteiger partial charge in [0.1, 0.15) is 5.75 Å². The van der Waals surface area contributed by atoms with Crippen molar-refractivity contribution in [3.8, 4) is 5.75 Å². The molecule has 2 aromatic rings. The summed E-state index contributed by atoms with van der Waals surface area (Å²) in [6.07, 6.45) is 5.08. The third-order valence-electron chi connectivity index (χ3n) is 2.72. The van der Waals surface area contributed by atoms with Crippen molar-refractivity contribution in [2.24, 2.45) is 0 Å². The number of aliphatic hydroxyl groups is 1. The molecule has 1 aromatic heterocycles. The molecule has 0 aliphatic carbocycles. The van der Waals surface area contributed by atoms with Crippen molar-refractivity contribution in [3.05, 3.63) is 59.9 Å². The maximum Gasteiger partial charge on any atom is 0.122 e. The van der Waals surface area contributed by atoms with E-state index in [1.54, 1.807) is 6.20 Å². The summed E-state index contributed by atoms with van der Waals surface area (Å²) in [5.41, 5.74) is 2.21. The number of para-hydroxylation sites is 1. The zero-order chi connectivity index (χ0) is 12.6. The highest BCUT2D eigenvalue weighted by atomic mass is 16.5. The number of aromatic nitrogens is 1. The fourth-order valence-electron chi connectivity index (χ4n) is 1.80. The maximum absolute atomic E-state index is 8.98. The van der Waals surface area contributed by atoms with E-state index in [0.29, 0.717) is 13.0 Å². The first-order valence-electron chi connectivity index (χ1n) is 6.10. The Morgan fingerprint density at radius 3 is 2.72 bits per heavy atom. The van der Waals surface area contributed by atoms with Crippen molar-refractivity contribution >= 4 is 0 Å². The molecule has 0 saturated carbocycles. The molecule has 3 nitrogen and oxygen atoms in total. The van der Waals surface area contributed by atoms with Crippen LogP contribution in [0.5, 0.6) is 5.75 Å². The van der Waals surface area contributed by atoms with Gasteiger partial charge >= 0.3 is 0 Å². The van der Waals surface area contributed by atoms with Gasteiger partial charge in [-0.1, -0.05) is 24.3 Å². The number of ether oxygens (including phenoxy) is 1. The molecule has 0 amide bonds. The minimum atomic E-state index is 0.142. The molecule has 0 unspecified atom stereocenters. The fraction of sp³-hybridized carbons (Fsp3) is 0.267. The highest BCUT2D eigenvalue weighted by Crippen LogP contribution is 2.18. The molecule has 0 bridgehead atoms. The Bertz CT molecular complexity index is 471. The monoisotopic (exact) mass is 243 g/mol. The Morgan fingerprint density at radius 2 is 1.94 bits per heavy atom. The molecule has 2 rings (SSSR count). The van der Waals surface area contributed by atoms with E-state index in [-0.39, 0.29) is 6.61 Å². The van der Waals surface area contributed by atoms with Gasteiger partial charge in [0.2, 0.25) is 0 Å². The molecule has 0 radical (unpaired) electrons. The molecule has 0 atom stereocenters. The van der Waals surface area contributed by atoms with Crippen LogP contribution < -0.4 is 4.74 Å². The minimum absolute atomic E-state index is 0.142. The summed E-state index contributed by atoms with van der Waals surface area (Å²) in [4.78, 5) is 4.07. The van der Waals surface area contributed by atoms with E-state index < -0.39 is 0 Å². The third-order valence-corrected chi connectivity index (χ3v) is 2.72. The Kier molecular flexibility index (Phi) is 4.73. The summed E-state index contributed by atoms with van der Waals surface area (Å²) in [7, 11) is 0. The molecule has 0 aliphatic rings. The van der Waals surface area contributed by atoms with Gasteiger partial charge in [-0.05, 0) is 29.7 Å². The van der Waals surface area contributed by atoms with Crippen molar-refractivity contribution in [1.82, 2.24) is 4.98 Å². The zero-order valence-corrected chi connectivity index (χ0v) is 10.2. The lowest BCUT2D eigenvalue weighted by Gasteiger charge is -2.10. The van der Waals surface area contributed by atoms with E-state index in [2.05, 4.69) is 4.98 Å². The number of aliphatic hydroxyl groups excluding tert-OH is 1. The number of pyridine rings is 1. The normalized spacial score (nSPS) is 10.3. The summed E-state index contributed by atoms with van der Waals surface area (Å²) < 4.78 is 5.75. The predicted molar refractivity (Wildman–Crippen MR) is 70.7 cm³/mol. The summed E-state index contributed by atoms with van der Waals surface area (Å²) in [6, 6.07) is 11.8. The van der Waals surface area contributed by atoms with E-state index in [1.165, 1.54) is 0 Å². The molecule has 1 N–H and O–H groups in total. The number of hydrogen-bond acceptors (Lipinski definition) is 3. The highest BCUT2D eigenvalue weighted by molar-refractivity contribution is 5.33. The first-order valence-corrected chi connectivity index (χ1v) is 6.10. The smallest absolute Gasteiger partial charge is 0.122 e. The average molecular weight is 243 g/mol. The second-order valence-corrected chi connectivity index (χ2v) is 4.04. The van der Waals surface area contributed by atoms with Crippen LogP contribution in [-0.2, 0) is 12.8 Å². The van der Waals surface area contributed by atoms with Gasteiger partial charge in [-0.3, -0.25) is 4.98 Å². The molecule has 0 fully saturated rings. The Labute approximate surface area is 107 Å². The summed E-state index contributed by atoms with van der Waals surface area (Å²) in [5.74, 6) is 0.857. The van der Waals surface area contributed by atoms with Crippen molar-refractivity contribution in [2.45, 2.75) is 12.8 Å². The number of hydrogen-bond donors (Lipinski definition) is 1. The van der Waals surface area contributed by atoms with Crippen LogP contribution in [0.25, 0.3) is 0 Å². The largest absolute Gasteiger partial charge is 0.493 e. The van der Waals surface area contributed by atoms with Gasteiger partial charge in [0.05, 0.1) is 6.61 Å². The molecule has 0 spiro atoms. The number of nitrogens with zero attached hydrogens (tertiary/aromatic N) is 1. The second kappa shape index (κ2) is 6.77. The molecular formula is C15H17NO2. The topological polar surface area (TPSA) is 42.4 Å². The molecule has 0 saturated heterocycles. The SMILES string of the molecule is OCCc1ccccc1OCCc1cccnc1. The average Bonchev–Trinajstić information content (AvgIpc) is 2.42. The van der Waals surface area contributed by atoms with E-state index >= 15 is 0 Å². The van der Waals surface area contributed by atoms with Gasteiger partial charge in [0, 0.05) is 25.4 Å². The van der Waals surface area contributed by atoms with Gasteiger partial charge in [-0.25, -0.2) is 0 Å². The van der Waals surface area contributed by atoms with Gasteiger partial charge in [0.25, 0.3) is 0 Å². The van der Waals surface area contributed by atoms with E-state index in [1.807, 2.05) is 42.6 Å². The van der Waals surface area contributed by atoms with Crippen molar-refractivity contribution < 1.29 is 9.84 Å². The lowest BCUT2D eigenvalue weighted by atomic mass is 10.1. The lowest BCUT2D eigenvalue weighted by Crippen LogP contribution is -2.04. The maximum atomic E-state index is 8.98. The predicted octanol–water partition coefficient (Wildman–Crippen LogP) is 2.24. The van der Waals surface area contributed by atoms with Crippen LogP contribution in [0.3, 0.4) is 0 Å². The van der Waals surface area contributed by atoms with Crippen LogP contribution in [0, 0.1) is 0 Å². The van der Waals surface area contributed by atoms with Gasteiger partial charge < -0.3 is 9.84 Å². The molecule has 18 heavy (non-hydrogen) atoms. The molecule has 1 aromatic carbocycles. The molecule has 3 heteroatoms. The minimum Gasteiger partial charge on any atom is -0.493 e. The number of rotatable bonds is 6. The summed E-state index contributed by atoms with van der Waals surface area (Å²) in [5, 5.41) is 8.98. The van der Waals surface area contributed by atoms with Crippen molar-refractivity contribution in [1.29, 1.82) is 0 Å². The second-order valence-electron chi connectivity index (χ2n) is 4.04. The van der Waals surface area contributed by atoms with E-state index in [9.17, 15) is 0 Å². The molecule has 94 valence electrons. The standard InChI is InChI=1S/C15H17NO2/c17-10-7-14-5-1-2-6-15(14)18-11-8-13-4-3-9-16-12-13/h1-6,9,12,17H,7-8,10-11H2. The van der Waals surface area contributed by atoms with Gasteiger partial charge in [0.15, 0.2) is 0 Å². The quantitative estimate of drug-likeness (QED) is 0.846. The van der Waals surface area contributed by atoms with Crippen molar-refractivity contribution in [3.63, 3.8) is 0 Å². The zero-order valence-electron chi connectivity index (χ0n) is 10.2. The van der Waals surface area contributed by atoms with E-state index in [4.69, 9.17) is 9.84 Å². The van der Waals surface area contributed by atoms with Crippen LogP contribution in [0.2, 0.25) is 0 Å². The van der Waals surface area contributed by atoms with Crippen molar-refractivity contribution in [2.75, 3.05) is 13.2 Å². The summed E-state index contributed by atoms with van der Waals surface area (Å²) in [6.45, 7) is 0.761. The van der Waals surface area contributed by atoms with Gasteiger partial charge in [-0.15, -0.1) is 0 Å². The Balaban J connectivity index is 1.90. The highest BCUT2D eigenvalue weighted by Gasteiger charge is 2.02. The van der Waals surface area contributed by atoms with Crippen LogP contribution >= 0.6 is 0 Å². The van der Waals surface area contributed by atoms with Crippen LogP contribution in [0.4, 0.5) is 0 Å². The fourth-order valence-corrected chi connectivity index (χ4v) is 1.80. The Hall–Kier alpha value is -1.87. The van der Waals surface area contributed by atoms with E-state index in [0.717, 1.165) is 23.3 Å². The first kappa shape index (κ1) is 12.6. The van der Waals surface area contributed by atoms with Gasteiger partial charge in [-0.2, -0.15) is 0 Å². The summed E-state index contributed by atoms with van der Waals surface area (Å²) >= 11 is 0. The van der Waals surface area contributed by atoms with Crippen LogP contribution in [-0.4, -0.2) is 23.3 Å². The Morgan fingerprint density at radius 1 is 1.06 bits per heavy atom. The van der Waals surface area contributed by atoms with Crippen LogP contribution in [0.1, 0.15) is 11.1 Å². The molecule has 1 heterocycles. The first-order chi connectivity index (χ1) is 8.90. The molecular weight excluding hydrogens is 226 g/mol.